The maximum absolute atomic E-state index is 5.57. The van der Waals surface area contributed by atoms with E-state index in [2.05, 4.69) is 48.5 Å². The second-order valence-corrected chi connectivity index (χ2v) is 6.84. The van der Waals surface area contributed by atoms with Crippen molar-refractivity contribution in [3.05, 3.63) is 0 Å². The van der Waals surface area contributed by atoms with E-state index < -0.39 is 0 Å². The summed E-state index contributed by atoms with van der Waals surface area (Å²) >= 11 is 0. The van der Waals surface area contributed by atoms with Gasteiger partial charge >= 0.3 is 0 Å². The third-order valence-electron chi connectivity index (χ3n) is 3.93. The maximum atomic E-state index is 5.57. The van der Waals surface area contributed by atoms with Gasteiger partial charge in [0.2, 0.25) is 0 Å². The third kappa shape index (κ3) is 23.8. The molecule has 0 aromatic heterocycles. The Morgan fingerprint density at radius 2 is 1.48 bits per heavy atom. The molecule has 0 unspecified atom stereocenters. The van der Waals surface area contributed by atoms with Crippen LogP contribution in [0, 0.1) is 0 Å². The zero-order valence-electron chi connectivity index (χ0n) is 18.2. The van der Waals surface area contributed by atoms with E-state index in [1.165, 1.54) is 38.6 Å². The summed E-state index contributed by atoms with van der Waals surface area (Å²) in [5.74, 6) is 0.892. The topological polar surface area (TPSA) is 58.1 Å². The Balaban J connectivity index is 0. The first-order valence-electron chi connectivity index (χ1n) is 10.5. The molecule has 6 nitrogen and oxygen atoms in total. The van der Waals surface area contributed by atoms with Gasteiger partial charge in [-0.3, -0.25) is 4.99 Å². The van der Waals surface area contributed by atoms with E-state index in [4.69, 9.17) is 9.47 Å². The molecule has 0 amide bonds. The molecule has 27 heavy (non-hydrogen) atoms. The van der Waals surface area contributed by atoms with Gasteiger partial charge in [0.25, 0.3) is 0 Å². The van der Waals surface area contributed by atoms with Gasteiger partial charge in [-0.05, 0) is 46.8 Å². The summed E-state index contributed by atoms with van der Waals surface area (Å²) in [5.41, 5.74) is 0. The fourth-order valence-electron chi connectivity index (χ4n) is 2.41. The summed E-state index contributed by atoms with van der Waals surface area (Å²) in [5, 5.41) is 6.61. The van der Waals surface area contributed by atoms with E-state index >= 15 is 0 Å². The Labute approximate surface area is 185 Å². The number of halogens is 1. The summed E-state index contributed by atoms with van der Waals surface area (Å²) in [7, 11) is 4.27. The first-order valence-corrected chi connectivity index (χ1v) is 10.5. The highest BCUT2D eigenvalue weighted by Gasteiger charge is 1.97. The number of aliphatic imine (C=N–C) groups is 1. The van der Waals surface area contributed by atoms with Gasteiger partial charge < -0.3 is 25.0 Å². The predicted octanol–water partition coefficient (Wildman–Crippen LogP) is 3.50. The average molecular weight is 501 g/mol. The Bertz CT molecular complexity index is 318. The van der Waals surface area contributed by atoms with Crippen molar-refractivity contribution in [2.45, 2.75) is 58.8 Å². The number of hydrogen-bond acceptors (Lipinski definition) is 4. The fraction of sp³-hybridized carbons (Fsp3) is 0.950. The minimum atomic E-state index is 0. The lowest BCUT2D eigenvalue weighted by Crippen LogP contribution is -2.39. The van der Waals surface area contributed by atoms with Crippen LogP contribution < -0.4 is 10.6 Å². The first kappa shape index (κ1) is 29.1. The van der Waals surface area contributed by atoms with Gasteiger partial charge in [-0.25, -0.2) is 0 Å². The van der Waals surface area contributed by atoms with Crippen molar-refractivity contribution in [2.24, 2.45) is 4.99 Å². The minimum Gasteiger partial charge on any atom is -0.379 e. The molecule has 0 aliphatic carbocycles. The van der Waals surface area contributed by atoms with E-state index in [0.717, 1.165) is 45.0 Å². The summed E-state index contributed by atoms with van der Waals surface area (Å²) in [6, 6.07) is 0. The largest absolute Gasteiger partial charge is 0.379 e. The van der Waals surface area contributed by atoms with Crippen LogP contribution in [-0.2, 0) is 9.47 Å². The molecular formula is C20H45IN4O2. The van der Waals surface area contributed by atoms with E-state index in [1.807, 2.05) is 0 Å². The number of nitrogens with one attached hydrogen (secondary N) is 2. The summed E-state index contributed by atoms with van der Waals surface area (Å²) in [6.45, 7) is 10.8. The molecule has 0 atom stereocenters. The average Bonchev–Trinajstić information content (AvgIpc) is 2.62. The zero-order valence-corrected chi connectivity index (χ0v) is 20.6. The predicted molar refractivity (Wildman–Crippen MR) is 128 cm³/mol. The number of guanidine groups is 1. The lowest BCUT2D eigenvalue weighted by molar-refractivity contribution is 0.0487. The number of ether oxygens (including phenoxy) is 2. The molecule has 0 bridgehead atoms. The molecule has 0 heterocycles. The van der Waals surface area contributed by atoms with Crippen LogP contribution in [0.15, 0.2) is 4.99 Å². The van der Waals surface area contributed by atoms with Crippen LogP contribution in [0.1, 0.15) is 58.8 Å². The molecule has 0 aromatic carbocycles. The van der Waals surface area contributed by atoms with Crippen LogP contribution in [0.3, 0.4) is 0 Å². The van der Waals surface area contributed by atoms with Crippen molar-refractivity contribution in [1.82, 2.24) is 15.5 Å². The standard InChI is InChI=1S/C20H44N4O2.HI/c1-5-7-16-25-18-19-26-17-14-23-20(21-6-2)22-13-11-9-8-10-12-15-24(3)4;/h5-19H2,1-4H3,(H2,21,22,23);1H. The van der Waals surface area contributed by atoms with Gasteiger partial charge in [-0.1, -0.05) is 32.6 Å². The molecule has 0 aliphatic heterocycles. The second kappa shape index (κ2) is 23.9. The molecule has 0 saturated heterocycles. The summed E-state index contributed by atoms with van der Waals surface area (Å²) in [4.78, 5) is 6.88. The molecule has 164 valence electrons. The van der Waals surface area contributed by atoms with Crippen molar-refractivity contribution >= 4 is 29.9 Å². The van der Waals surface area contributed by atoms with Crippen LogP contribution in [0.5, 0.6) is 0 Å². The normalized spacial score (nSPS) is 11.5. The van der Waals surface area contributed by atoms with Crippen molar-refractivity contribution in [2.75, 3.05) is 66.7 Å². The van der Waals surface area contributed by atoms with E-state index in [-0.39, 0.29) is 24.0 Å². The highest BCUT2D eigenvalue weighted by Crippen LogP contribution is 2.03. The number of hydrogen-bond donors (Lipinski definition) is 2. The quantitative estimate of drug-likeness (QED) is 0.131. The summed E-state index contributed by atoms with van der Waals surface area (Å²) < 4.78 is 11.0. The molecule has 0 aliphatic rings. The number of unbranched alkanes of at least 4 members (excludes halogenated alkanes) is 5. The van der Waals surface area contributed by atoms with Crippen molar-refractivity contribution in [1.29, 1.82) is 0 Å². The smallest absolute Gasteiger partial charge is 0.191 e. The minimum absolute atomic E-state index is 0. The highest BCUT2D eigenvalue weighted by atomic mass is 127. The molecule has 0 saturated carbocycles. The van der Waals surface area contributed by atoms with Crippen LogP contribution in [0.2, 0.25) is 0 Å². The number of nitrogens with zero attached hydrogens (tertiary/aromatic N) is 2. The SMILES string of the molecule is CCCCOCCOCCNC(=NCCCCCCCN(C)C)NCC.I. The van der Waals surface area contributed by atoms with Crippen molar-refractivity contribution in [3.63, 3.8) is 0 Å². The molecule has 7 heteroatoms. The Morgan fingerprint density at radius 3 is 2.15 bits per heavy atom. The number of rotatable bonds is 18. The lowest BCUT2D eigenvalue weighted by atomic mass is 10.1. The third-order valence-corrected chi connectivity index (χ3v) is 3.93. The molecule has 0 radical (unpaired) electrons. The summed E-state index contributed by atoms with van der Waals surface area (Å²) in [6.07, 6.45) is 8.64. The Morgan fingerprint density at radius 1 is 0.815 bits per heavy atom. The van der Waals surface area contributed by atoms with E-state index in [1.54, 1.807) is 0 Å². The van der Waals surface area contributed by atoms with Gasteiger partial charge in [0.05, 0.1) is 19.8 Å². The van der Waals surface area contributed by atoms with E-state index in [0.29, 0.717) is 19.8 Å². The molecule has 2 N–H and O–H groups in total. The van der Waals surface area contributed by atoms with Gasteiger partial charge in [0.15, 0.2) is 5.96 Å². The van der Waals surface area contributed by atoms with Crippen molar-refractivity contribution < 1.29 is 9.47 Å². The Hall–Kier alpha value is -0.120. The monoisotopic (exact) mass is 500 g/mol. The maximum Gasteiger partial charge on any atom is 0.191 e. The van der Waals surface area contributed by atoms with Gasteiger partial charge in [0.1, 0.15) is 0 Å². The molecule has 0 aromatic rings. The van der Waals surface area contributed by atoms with Crippen molar-refractivity contribution in [3.8, 4) is 0 Å². The van der Waals surface area contributed by atoms with Crippen LogP contribution in [-0.4, -0.2) is 77.6 Å². The highest BCUT2D eigenvalue weighted by molar-refractivity contribution is 14.0. The lowest BCUT2D eigenvalue weighted by Gasteiger charge is -2.12. The molecule has 0 rings (SSSR count). The second-order valence-electron chi connectivity index (χ2n) is 6.84. The fourth-order valence-corrected chi connectivity index (χ4v) is 2.41. The van der Waals surface area contributed by atoms with Gasteiger partial charge in [0, 0.05) is 26.2 Å². The first-order chi connectivity index (χ1) is 12.7. The van der Waals surface area contributed by atoms with Gasteiger partial charge in [-0.2, -0.15) is 0 Å². The van der Waals surface area contributed by atoms with Crippen LogP contribution in [0.4, 0.5) is 0 Å². The van der Waals surface area contributed by atoms with Gasteiger partial charge in [-0.15, -0.1) is 24.0 Å². The van der Waals surface area contributed by atoms with Crippen LogP contribution in [0.25, 0.3) is 0 Å². The molecule has 0 spiro atoms. The van der Waals surface area contributed by atoms with E-state index in [9.17, 15) is 0 Å². The molecule has 0 fully saturated rings. The van der Waals surface area contributed by atoms with Crippen LogP contribution >= 0.6 is 24.0 Å². The molecular weight excluding hydrogens is 455 g/mol. The zero-order chi connectivity index (χ0) is 19.3. The Kier molecular flexibility index (Phi) is 25.8.